The van der Waals surface area contributed by atoms with Crippen LogP contribution in [0.1, 0.15) is 39.0 Å². The zero-order valence-electron chi connectivity index (χ0n) is 12.9. The van der Waals surface area contributed by atoms with Crippen molar-refractivity contribution in [2.24, 2.45) is 0 Å². The molecule has 0 bridgehead atoms. The van der Waals surface area contributed by atoms with E-state index in [0.717, 1.165) is 0 Å². The van der Waals surface area contributed by atoms with Crippen LogP contribution in [0.25, 0.3) is 0 Å². The normalized spacial score (nSPS) is 19.1. The topological polar surface area (TPSA) is 77.9 Å². The summed E-state index contributed by atoms with van der Waals surface area (Å²) in [5.74, 6) is -2.05. The minimum atomic E-state index is -4.36. The summed E-state index contributed by atoms with van der Waals surface area (Å²) < 4.78 is 36.5. The van der Waals surface area contributed by atoms with Crippen LogP contribution in [0.4, 0.5) is 13.2 Å². The number of rotatable bonds is 5. The number of hydrogen-bond acceptors (Lipinski definition) is 3. The third kappa shape index (κ3) is 6.87. The highest BCUT2D eigenvalue weighted by atomic mass is 19.4. The summed E-state index contributed by atoms with van der Waals surface area (Å²) in [6.07, 6.45) is -4.69. The van der Waals surface area contributed by atoms with Crippen LogP contribution in [0.2, 0.25) is 0 Å². The summed E-state index contributed by atoms with van der Waals surface area (Å²) in [5, 5.41) is 8.86. The van der Waals surface area contributed by atoms with Crippen molar-refractivity contribution in [1.82, 2.24) is 9.80 Å². The van der Waals surface area contributed by atoms with Crippen LogP contribution < -0.4 is 0 Å². The molecule has 0 saturated carbocycles. The van der Waals surface area contributed by atoms with E-state index in [1.54, 1.807) is 0 Å². The highest BCUT2D eigenvalue weighted by molar-refractivity contribution is 5.80. The van der Waals surface area contributed by atoms with Gasteiger partial charge < -0.3 is 14.9 Å². The molecular formula is C14H21F3N2O4. The van der Waals surface area contributed by atoms with Gasteiger partial charge in [-0.1, -0.05) is 0 Å². The number of carbonyl (C=O) groups is 3. The molecule has 1 unspecified atom stereocenters. The molecule has 1 rings (SSSR count). The number of halogens is 3. The van der Waals surface area contributed by atoms with E-state index in [4.69, 9.17) is 5.11 Å². The molecule has 2 amide bonds. The Morgan fingerprint density at radius 3 is 2.39 bits per heavy atom. The molecule has 0 aliphatic carbocycles. The van der Waals surface area contributed by atoms with Gasteiger partial charge in [-0.05, 0) is 19.3 Å². The highest BCUT2D eigenvalue weighted by Gasteiger charge is 2.31. The Labute approximate surface area is 132 Å². The number of nitrogens with zero attached hydrogens (tertiary/aromatic N) is 2. The van der Waals surface area contributed by atoms with Crippen molar-refractivity contribution in [3.05, 3.63) is 0 Å². The summed E-state index contributed by atoms with van der Waals surface area (Å²) in [7, 11) is 0. The minimum Gasteiger partial charge on any atom is -0.480 e. The molecule has 1 heterocycles. The second-order valence-electron chi connectivity index (χ2n) is 5.62. The maximum absolute atomic E-state index is 12.2. The smallest absolute Gasteiger partial charge is 0.389 e. The Hall–Kier alpha value is -1.80. The van der Waals surface area contributed by atoms with E-state index in [2.05, 4.69) is 0 Å². The fourth-order valence-electron chi connectivity index (χ4n) is 2.69. The van der Waals surface area contributed by atoms with Crippen molar-refractivity contribution < 1.29 is 32.7 Å². The molecule has 132 valence electrons. The monoisotopic (exact) mass is 338 g/mol. The van der Waals surface area contributed by atoms with E-state index in [0.29, 0.717) is 25.8 Å². The molecule has 23 heavy (non-hydrogen) atoms. The first-order valence-corrected chi connectivity index (χ1v) is 7.43. The number of alkyl halides is 3. The molecule has 1 aliphatic heterocycles. The van der Waals surface area contributed by atoms with Gasteiger partial charge in [0.05, 0.1) is 6.42 Å². The van der Waals surface area contributed by atoms with Crippen molar-refractivity contribution in [3.8, 4) is 0 Å². The Bertz CT molecular complexity index is 454. The van der Waals surface area contributed by atoms with E-state index >= 15 is 0 Å². The molecule has 1 N–H and O–H groups in total. The molecular weight excluding hydrogens is 317 g/mol. The molecule has 1 aliphatic rings. The van der Waals surface area contributed by atoms with Crippen LogP contribution in [-0.2, 0) is 14.4 Å². The lowest BCUT2D eigenvalue weighted by Gasteiger charge is -2.28. The van der Waals surface area contributed by atoms with Gasteiger partial charge in [0.15, 0.2) is 0 Å². The first kappa shape index (κ1) is 19.2. The van der Waals surface area contributed by atoms with Crippen LogP contribution >= 0.6 is 0 Å². The predicted molar refractivity (Wildman–Crippen MR) is 74.5 cm³/mol. The van der Waals surface area contributed by atoms with Gasteiger partial charge >= 0.3 is 12.1 Å². The van der Waals surface area contributed by atoms with E-state index in [1.165, 1.54) is 16.7 Å². The first-order chi connectivity index (χ1) is 10.6. The second kappa shape index (κ2) is 8.16. The Morgan fingerprint density at radius 1 is 1.22 bits per heavy atom. The van der Waals surface area contributed by atoms with Crippen LogP contribution in [0.5, 0.6) is 0 Å². The number of carbonyl (C=O) groups excluding carboxylic acids is 2. The van der Waals surface area contributed by atoms with Crippen molar-refractivity contribution >= 4 is 17.8 Å². The van der Waals surface area contributed by atoms with E-state index in [9.17, 15) is 27.6 Å². The molecule has 0 spiro atoms. The molecule has 0 aromatic rings. The molecule has 0 radical (unpaired) electrons. The van der Waals surface area contributed by atoms with Crippen LogP contribution in [0.3, 0.4) is 0 Å². The number of aliphatic carboxylic acids is 1. The zero-order chi connectivity index (χ0) is 17.6. The molecule has 9 heteroatoms. The summed E-state index contributed by atoms with van der Waals surface area (Å²) >= 11 is 0. The lowest BCUT2D eigenvalue weighted by Crippen LogP contribution is -2.43. The standard InChI is InChI=1S/C14H21F3N2O4/c1-10(20)19(9-13(22)23)11-3-2-7-18(8-5-11)12(21)4-6-14(15,16)17/h11H,2-9H2,1H3,(H,22,23). The lowest BCUT2D eigenvalue weighted by molar-refractivity contribution is -0.149. The summed E-state index contributed by atoms with van der Waals surface area (Å²) in [4.78, 5) is 36.9. The molecule has 0 aromatic heterocycles. The summed E-state index contributed by atoms with van der Waals surface area (Å²) in [6.45, 7) is 1.42. The van der Waals surface area contributed by atoms with Gasteiger partial charge in [0.25, 0.3) is 0 Å². The average Bonchev–Trinajstić information content (AvgIpc) is 2.66. The number of likely N-dealkylation sites (tertiary alicyclic amines) is 1. The van der Waals surface area contributed by atoms with Gasteiger partial charge in [-0.2, -0.15) is 13.2 Å². The SMILES string of the molecule is CC(=O)N(CC(=O)O)C1CCCN(C(=O)CCC(F)(F)F)CC1. The Balaban J connectivity index is 2.59. The molecule has 0 aromatic carbocycles. The van der Waals surface area contributed by atoms with Gasteiger partial charge in [0.2, 0.25) is 11.8 Å². The molecule has 1 atom stereocenters. The summed E-state index contributed by atoms with van der Waals surface area (Å²) in [5.41, 5.74) is 0. The fraction of sp³-hybridized carbons (Fsp3) is 0.786. The number of carboxylic acid groups (broad SMARTS) is 1. The number of amides is 2. The first-order valence-electron chi connectivity index (χ1n) is 7.43. The zero-order valence-corrected chi connectivity index (χ0v) is 12.9. The van der Waals surface area contributed by atoms with Crippen molar-refractivity contribution in [3.63, 3.8) is 0 Å². The van der Waals surface area contributed by atoms with Crippen LogP contribution in [0.15, 0.2) is 0 Å². The highest BCUT2D eigenvalue weighted by Crippen LogP contribution is 2.23. The fourth-order valence-corrected chi connectivity index (χ4v) is 2.69. The Morgan fingerprint density at radius 2 is 1.87 bits per heavy atom. The van der Waals surface area contributed by atoms with E-state index in [1.807, 2.05) is 0 Å². The van der Waals surface area contributed by atoms with Crippen molar-refractivity contribution in [1.29, 1.82) is 0 Å². The maximum Gasteiger partial charge on any atom is 0.389 e. The molecule has 1 saturated heterocycles. The molecule has 6 nitrogen and oxygen atoms in total. The summed E-state index contributed by atoms with van der Waals surface area (Å²) in [6, 6.07) is -0.316. The minimum absolute atomic E-state index is 0.227. The Kier molecular flexibility index (Phi) is 6.83. The average molecular weight is 338 g/mol. The van der Waals surface area contributed by atoms with Crippen LogP contribution in [-0.4, -0.2) is 64.5 Å². The predicted octanol–water partition coefficient (Wildman–Crippen LogP) is 1.64. The lowest BCUT2D eigenvalue weighted by atomic mass is 10.1. The third-order valence-corrected chi connectivity index (χ3v) is 3.82. The van der Waals surface area contributed by atoms with Gasteiger partial charge in [0, 0.05) is 32.5 Å². The quantitative estimate of drug-likeness (QED) is 0.827. The number of hydrogen-bond donors (Lipinski definition) is 1. The van der Waals surface area contributed by atoms with Crippen LogP contribution in [0, 0.1) is 0 Å². The molecule has 1 fully saturated rings. The van der Waals surface area contributed by atoms with Gasteiger partial charge in [-0.15, -0.1) is 0 Å². The van der Waals surface area contributed by atoms with E-state index < -0.39 is 37.4 Å². The third-order valence-electron chi connectivity index (χ3n) is 3.82. The van der Waals surface area contributed by atoms with Gasteiger partial charge in [-0.25, -0.2) is 0 Å². The van der Waals surface area contributed by atoms with Crippen molar-refractivity contribution in [2.75, 3.05) is 19.6 Å². The van der Waals surface area contributed by atoms with Crippen molar-refractivity contribution in [2.45, 2.75) is 51.2 Å². The van der Waals surface area contributed by atoms with Gasteiger partial charge in [0.1, 0.15) is 6.54 Å². The maximum atomic E-state index is 12.2. The number of carboxylic acids is 1. The van der Waals surface area contributed by atoms with E-state index in [-0.39, 0.29) is 18.5 Å². The van der Waals surface area contributed by atoms with Gasteiger partial charge in [-0.3, -0.25) is 14.4 Å². The largest absolute Gasteiger partial charge is 0.480 e. The second-order valence-corrected chi connectivity index (χ2v) is 5.62.